The predicted molar refractivity (Wildman–Crippen MR) is 76.5 cm³/mol. The summed E-state index contributed by atoms with van der Waals surface area (Å²) in [5.74, 6) is -0.459. The number of hydrogen-bond donors (Lipinski definition) is 1. The molecule has 0 saturated carbocycles. The summed E-state index contributed by atoms with van der Waals surface area (Å²) in [7, 11) is 5.75. The third-order valence-electron chi connectivity index (χ3n) is 2.98. The monoisotopic (exact) mass is 272 g/mol. The van der Waals surface area contributed by atoms with E-state index in [0.717, 1.165) is 5.69 Å². The maximum Gasteiger partial charge on any atom is 0.335 e. The lowest BCUT2D eigenvalue weighted by Crippen LogP contribution is -2.33. The van der Waals surface area contributed by atoms with Crippen LogP contribution in [-0.2, 0) is 0 Å². The molecule has 20 heavy (non-hydrogen) atoms. The number of carbonyl (C=O) groups is 1. The van der Waals surface area contributed by atoms with E-state index in [0.29, 0.717) is 11.4 Å². The van der Waals surface area contributed by atoms with Gasteiger partial charge in [-0.05, 0) is 12.1 Å². The second-order valence-corrected chi connectivity index (χ2v) is 4.52. The van der Waals surface area contributed by atoms with Gasteiger partial charge in [-0.1, -0.05) is 12.1 Å². The summed E-state index contributed by atoms with van der Waals surface area (Å²) in [6, 6.07) is 6.58. The zero-order valence-electron chi connectivity index (χ0n) is 11.6. The van der Waals surface area contributed by atoms with Gasteiger partial charge >= 0.3 is 5.97 Å². The van der Waals surface area contributed by atoms with E-state index in [1.807, 2.05) is 31.2 Å². The van der Waals surface area contributed by atoms with Crippen LogP contribution >= 0.6 is 0 Å². The minimum atomic E-state index is -0.962. The molecule has 6 nitrogen and oxygen atoms in total. The topological polar surface area (TPSA) is 69.6 Å². The average molecular weight is 272 g/mol. The van der Waals surface area contributed by atoms with Crippen LogP contribution in [0.2, 0.25) is 0 Å². The van der Waals surface area contributed by atoms with Crippen LogP contribution in [-0.4, -0.2) is 47.2 Å². The highest BCUT2D eigenvalue weighted by atomic mass is 16.4. The first-order chi connectivity index (χ1) is 9.49. The summed E-state index contributed by atoms with van der Waals surface area (Å²) in [6.07, 6.45) is 3.41. The first kappa shape index (κ1) is 14.0. The van der Waals surface area contributed by atoms with Gasteiger partial charge in [0, 0.05) is 26.7 Å². The molecule has 0 radical (unpaired) electrons. The van der Waals surface area contributed by atoms with Gasteiger partial charge in [-0.3, -0.25) is 0 Å². The van der Waals surface area contributed by atoms with Crippen LogP contribution in [0, 0.1) is 0 Å². The summed E-state index contributed by atoms with van der Waals surface area (Å²) in [5.41, 5.74) is 1.76. The lowest BCUT2D eigenvalue weighted by molar-refractivity contribution is 0.0697. The molecule has 1 aromatic heterocycles. The highest BCUT2D eigenvalue weighted by Gasteiger charge is 2.08. The number of anilines is 1. The smallest absolute Gasteiger partial charge is 0.335 e. The van der Waals surface area contributed by atoms with Crippen molar-refractivity contribution in [2.24, 2.45) is 0 Å². The number of rotatable bonds is 4. The molecule has 2 rings (SSSR count). The molecular weight excluding hydrogens is 256 g/mol. The number of carboxylic acid groups (broad SMARTS) is 1. The lowest BCUT2D eigenvalue weighted by Gasteiger charge is -2.25. The quantitative estimate of drug-likeness (QED) is 0.855. The Labute approximate surface area is 117 Å². The van der Waals surface area contributed by atoms with Crippen molar-refractivity contribution in [1.29, 1.82) is 0 Å². The second kappa shape index (κ2) is 5.66. The van der Waals surface area contributed by atoms with Crippen LogP contribution < -0.4 is 5.01 Å². The fourth-order valence-corrected chi connectivity index (χ4v) is 1.66. The summed E-state index contributed by atoms with van der Waals surface area (Å²) in [4.78, 5) is 19.5. The van der Waals surface area contributed by atoms with Crippen LogP contribution in [0.1, 0.15) is 10.4 Å². The fourth-order valence-electron chi connectivity index (χ4n) is 1.66. The van der Waals surface area contributed by atoms with Crippen molar-refractivity contribution in [3.8, 4) is 11.4 Å². The number of aromatic nitrogens is 2. The fraction of sp³-hybridized carbons (Fsp3) is 0.214. The summed E-state index contributed by atoms with van der Waals surface area (Å²) in [5, 5.41) is 12.8. The molecule has 6 heteroatoms. The SMILES string of the molecule is CN(C)N(C)c1cnc(-c2cccc(C(=O)O)c2)nc1. The Morgan fingerprint density at radius 2 is 1.80 bits per heavy atom. The number of nitrogens with zero attached hydrogens (tertiary/aromatic N) is 4. The van der Waals surface area contributed by atoms with Gasteiger partial charge < -0.3 is 10.1 Å². The van der Waals surface area contributed by atoms with Crippen molar-refractivity contribution in [2.45, 2.75) is 0 Å². The molecule has 0 spiro atoms. The molecule has 0 saturated heterocycles. The molecule has 1 heterocycles. The molecule has 0 aliphatic rings. The van der Waals surface area contributed by atoms with E-state index in [9.17, 15) is 4.79 Å². The van der Waals surface area contributed by atoms with Gasteiger partial charge in [0.2, 0.25) is 0 Å². The van der Waals surface area contributed by atoms with Gasteiger partial charge in [-0.25, -0.2) is 19.8 Å². The van der Waals surface area contributed by atoms with Crippen LogP contribution in [0.25, 0.3) is 11.4 Å². The van der Waals surface area contributed by atoms with Gasteiger partial charge in [-0.15, -0.1) is 0 Å². The van der Waals surface area contributed by atoms with Crippen molar-refractivity contribution in [3.05, 3.63) is 42.2 Å². The largest absolute Gasteiger partial charge is 0.478 e. The van der Waals surface area contributed by atoms with Crippen LogP contribution in [0.5, 0.6) is 0 Å². The molecule has 1 aromatic carbocycles. The third kappa shape index (κ3) is 2.92. The van der Waals surface area contributed by atoms with Crippen molar-refractivity contribution < 1.29 is 9.90 Å². The predicted octanol–water partition coefficient (Wildman–Crippen LogP) is 1.75. The van der Waals surface area contributed by atoms with Crippen molar-refractivity contribution in [2.75, 3.05) is 26.2 Å². The standard InChI is InChI=1S/C14H16N4O2/c1-17(2)18(3)12-8-15-13(16-9-12)10-5-4-6-11(7-10)14(19)20/h4-9H,1-3H3,(H,19,20). The van der Waals surface area contributed by atoms with Crippen molar-refractivity contribution in [1.82, 2.24) is 15.0 Å². The Hall–Kier alpha value is -2.47. The summed E-state index contributed by atoms with van der Waals surface area (Å²) < 4.78 is 0. The Bertz CT molecular complexity index is 611. The van der Waals surface area contributed by atoms with E-state index in [4.69, 9.17) is 5.11 Å². The number of carboxylic acids is 1. The number of aromatic carboxylic acids is 1. The molecule has 0 atom stereocenters. The highest BCUT2D eigenvalue weighted by Crippen LogP contribution is 2.18. The maximum atomic E-state index is 10.9. The van der Waals surface area contributed by atoms with E-state index >= 15 is 0 Å². The average Bonchev–Trinajstić information content (AvgIpc) is 2.46. The van der Waals surface area contributed by atoms with E-state index in [-0.39, 0.29) is 5.56 Å². The zero-order chi connectivity index (χ0) is 14.7. The van der Waals surface area contributed by atoms with Crippen LogP contribution in [0.4, 0.5) is 5.69 Å². The molecule has 0 unspecified atom stereocenters. The highest BCUT2D eigenvalue weighted by molar-refractivity contribution is 5.89. The molecule has 0 amide bonds. The molecule has 104 valence electrons. The van der Waals surface area contributed by atoms with Gasteiger partial charge in [0.05, 0.1) is 23.6 Å². The van der Waals surface area contributed by atoms with E-state index in [2.05, 4.69) is 9.97 Å². The molecule has 0 fully saturated rings. The second-order valence-electron chi connectivity index (χ2n) is 4.52. The Morgan fingerprint density at radius 1 is 1.15 bits per heavy atom. The Balaban J connectivity index is 2.30. The van der Waals surface area contributed by atoms with E-state index in [1.165, 1.54) is 0 Å². The maximum absolute atomic E-state index is 10.9. The van der Waals surface area contributed by atoms with E-state index in [1.54, 1.807) is 36.7 Å². The minimum absolute atomic E-state index is 0.223. The first-order valence-corrected chi connectivity index (χ1v) is 6.06. The molecule has 0 aliphatic heterocycles. The molecule has 0 bridgehead atoms. The molecule has 2 aromatic rings. The van der Waals surface area contributed by atoms with Crippen molar-refractivity contribution in [3.63, 3.8) is 0 Å². The zero-order valence-corrected chi connectivity index (χ0v) is 11.6. The van der Waals surface area contributed by atoms with Crippen molar-refractivity contribution >= 4 is 11.7 Å². The summed E-state index contributed by atoms with van der Waals surface area (Å²) >= 11 is 0. The normalized spacial score (nSPS) is 10.6. The van der Waals surface area contributed by atoms with Gasteiger partial charge in [0.15, 0.2) is 5.82 Å². The number of benzene rings is 1. The minimum Gasteiger partial charge on any atom is -0.478 e. The first-order valence-electron chi connectivity index (χ1n) is 6.06. The number of hydrazine groups is 1. The van der Waals surface area contributed by atoms with E-state index < -0.39 is 5.97 Å². The van der Waals surface area contributed by atoms with Gasteiger partial charge in [0.25, 0.3) is 0 Å². The van der Waals surface area contributed by atoms with Gasteiger partial charge in [-0.2, -0.15) is 0 Å². The Morgan fingerprint density at radius 3 is 2.35 bits per heavy atom. The molecule has 0 aliphatic carbocycles. The van der Waals surface area contributed by atoms with Crippen LogP contribution in [0.3, 0.4) is 0 Å². The molecular formula is C14H16N4O2. The van der Waals surface area contributed by atoms with Crippen LogP contribution in [0.15, 0.2) is 36.7 Å². The van der Waals surface area contributed by atoms with Gasteiger partial charge in [0.1, 0.15) is 0 Å². The summed E-state index contributed by atoms with van der Waals surface area (Å²) in [6.45, 7) is 0. The molecule has 1 N–H and O–H groups in total. The lowest BCUT2D eigenvalue weighted by atomic mass is 10.1. The Kier molecular flexibility index (Phi) is 3.95. The third-order valence-corrected chi connectivity index (χ3v) is 2.98. The number of hydrogen-bond acceptors (Lipinski definition) is 5.